The fourth-order valence-electron chi connectivity index (χ4n) is 1.27. The molecule has 0 spiro atoms. The van der Waals surface area contributed by atoms with Gasteiger partial charge < -0.3 is 9.47 Å². The minimum atomic E-state index is -0.601. The Labute approximate surface area is 107 Å². The lowest BCUT2D eigenvalue weighted by atomic mass is 10.2. The van der Waals surface area contributed by atoms with Crippen LogP contribution in [0.3, 0.4) is 0 Å². The van der Waals surface area contributed by atoms with Crippen molar-refractivity contribution in [3.63, 3.8) is 0 Å². The summed E-state index contributed by atoms with van der Waals surface area (Å²) in [6.07, 6.45) is 1.44. The number of carbonyl (C=O) groups is 1. The van der Waals surface area contributed by atoms with Crippen molar-refractivity contribution in [3.8, 4) is 0 Å². The molecule has 0 radical (unpaired) electrons. The zero-order valence-electron chi connectivity index (χ0n) is 10.3. The molecule has 4 nitrogen and oxygen atoms in total. The van der Waals surface area contributed by atoms with E-state index in [0.717, 1.165) is 5.56 Å². The molecule has 0 aliphatic heterocycles. The Kier molecular flexibility index (Phi) is 6.23. The maximum atomic E-state index is 11.3. The van der Waals surface area contributed by atoms with Gasteiger partial charge in [-0.05, 0) is 18.6 Å². The highest BCUT2D eigenvalue weighted by atomic mass is 16.5. The van der Waals surface area contributed by atoms with Crippen LogP contribution in [0.15, 0.2) is 42.1 Å². The molecule has 94 valence electrons. The fraction of sp³-hybridized carbons (Fsp3) is 0.286. The van der Waals surface area contributed by atoms with Crippen molar-refractivity contribution in [1.29, 1.82) is 0 Å². The van der Waals surface area contributed by atoms with Crippen LogP contribution >= 0.6 is 0 Å². The molecule has 0 amide bonds. The lowest BCUT2D eigenvalue weighted by Crippen LogP contribution is -2.06. The van der Waals surface area contributed by atoms with E-state index in [4.69, 9.17) is 16.0 Å². The molecule has 0 aliphatic carbocycles. The van der Waals surface area contributed by atoms with E-state index >= 15 is 0 Å². The summed E-state index contributed by atoms with van der Waals surface area (Å²) in [4.78, 5) is 14.4. The standard InChI is InChI=1S/C14H15NO3/c1-3-18-14(16)13(15-2)9-10-17-11-12-7-5-4-6-8-12/h4-9H,3,10-11H2,1H3/b13-9+. The molecule has 0 fully saturated rings. The van der Waals surface area contributed by atoms with Crippen LogP contribution in [0, 0.1) is 6.57 Å². The van der Waals surface area contributed by atoms with Crippen LogP contribution in [0.2, 0.25) is 0 Å². The summed E-state index contributed by atoms with van der Waals surface area (Å²) in [5.41, 5.74) is 1.01. The minimum Gasteiger partial charge on any atom is -0.471 e. The second-order valence-corrected chi connectivity index (χ2v) is 3.42. The Hall–Kier alpha value is -2.12. The average Bonchev–Trinajstić information content (AvgIpc) is 2.40. The van der Waals surface area contributed by atoms with Crippen LogP contribution in [0.25, 0.3) is 4.85 Å². The Bertz CT molecular complexity index is 446. The molecule has 0 atom stereocenters. The van der Waals surface area contributed by atoms with Crippen molar-refractivity contribution >= 4 is 5.97 Å². The van der Waals surface area contributed by atoms with Crippen LogP contribution in [0.5, 0.6) is 0 Å². The molecule has 0 bridgehead atoms. The Balaban J connectivity index is 2.39. The molecule has 4 heteroatoms. The lowest BCUT2D eigenvalue weighted by Gasteiger charge is -2.02. The smallest absolute Gasteiger partial charge is 0.336 e. The topological polar surface area (TPSA) is 39.9 Å². The molecule has 0 aromatic heterocycles. The summed E-state index contributed by atoms with van der Waals surface area (Å²) in [5, 5.41) is 0. The maximum absolute atomic E-state index is 11.3. The van der Waals surface area contributed by atoms with Gasteiger partial charge in [-0.15, -0.1) is 0 Å². The molecule has 1 aromatic carbocycles. The molecule has 0 N–H and O–H groups in total. The first-order valence-electron chi connectivity index (χ1n) is 5.64. The summed E-state index contributed by atoms with van der Waals surface area (Å²) < 4.78 is 10.1. The van der Waals surface area contributed by atoms with E-state index in [1.54, 1.807) is 6.92 Å². The SMILES string of the molecule is [C-]#[N+]/C(=C/COCc1ccccc1)C(=O)OCC. The van der Waals surface area contributed by atoms with Crippen molar-refractivity contribution in [2.24, 2.45) is 0 Å². The van der Waals surface area contributed by atoms with Crippen LogP contribution in [-0.4, -0.2) is 19.2 Å². The van der Waals surface area contributed by atoms with Gasteiger partial charge in [0.2, 0.25) is 0 Å². The van der Waals surface area contributed by atoms with Gasteiger partial charge in [0.25, 0.3) is 5.70 Å². The first kappa shape index (κ1) is 13.9. The van der Waals surface area contributed by atoms with Crippen LogP contribution in [0.4, 0.5) is 0 Å². The molecule has 0 heterocycles. The zero-order valence-corrected chi connectivity index (χ0v) is 10.3. The van der Waals surface area contributed by atoms with Crippen LogP contribution in [-0.2, 0) is 20.9 Å². The third-order valence-electron chi connectivity index (χ3n) is 2.11. The van der Waals surface area contributed by atoms with Gasteiger partial charge in [0.1, 0.15) is 0 Å². The summed E-state index contributed by atoms with van der Waals surface area (Å²) in [6.45, 7) is 9.49. The van der Waals surface area contributed by atoms with Gasteiger partial charge in [-0.25, -0.2) is 4.85 Å². The third-order valence-corrected chi connectivity index (χ3v) is 2.11. The third kappa shape index (κ3) is 4.81. The zero-order chi connectivity index (χ0) is 13.2. The van der Waals surface area contributed by atoms with Gasteiger partial charge in [0.05, 0.1) is 26.4 Å². The summed E-state index contributed by atoms with van der Waals surface area (Å²) >= 11 is 0. The highest BCUT2D eigenvalue weighted by Crippen LogP contribution is 2.03. The second-order valence-electron chi connectivity index (χ2n) is 3.42. The van der Waals surface area contributed by atoms with Crippen molar-refractivity contribution in [2.45, 2.75) is 13.5 Å². The van der Waals surface area contributed by atoms with Crippen LogP contribution in [0.1, 0.15) is 12.5 Å². The number of esters is 1. The predicted octanol–water partition coefficient (Wildman–Crippen LogP) is 2.57. The van der Waals surface area contributed by atoms with E-state index in [-0.39, 0.29) is 18.9 Å². The number of hydrogen-bond acceptors (Lipinski definition) is 3. The van der Waals surface area contributed by atoms with Gasteiger partial charge in [-0.3, -0.25) is 4.79 Å². The van der Waals surface area contributed by atoms with Gasteiger partial charge in [0.15, 0.2) is 0 Å². The number of hydrogen-bond donors (Lipinski definition) is 0. The molecule has 1 aromatic rings. The predicted molar refractivity (Wildman–Crippen MR) is 67.4 cm³/mol. The summed E-state index contributed by atoms with van der Waals surface area (Å²) in [6, 6.07) is 9.69. The Morgan fingerprint density at radius 3 is 2.72 bits per heavy atom. The fourth-order valence-corrected chi connectivity index (χ4v) is 1.27. The highest BCUT2D eigenvalue weighted by Gasteiger charge is 2.09. The largest absolute Gasteiger partial charge is 0.471 e. The van der Waals surface area contributed by atoms with E-state index in [2.05, 4.69) is 4.85 Å². The molecular weight excluding hydrogens is 230 g/mol. The van der Waals surface area contributed by atoms with E-state index in [1.165, 1.54) is 6.08 Å². The minimum absolute atomic E-state index is 0.0371. The first-order valence-corrected chi connectivity index (χ1v) is 5.64. The maximum Gasteiger partial charge on any atom is 0.336 e. The highest BCUT2D eigenvalue weighted by molar-refractivity contribution is 5.90. The molecule has 0 unspecified atom stereocenters. The lowest BCUT2D eigenvalue weighted by molar-refractivity contribution is -0.138. The molecule has 1 rings (SSSR count). The van der Waals surface area contributed by atoms with E-state index in [0.29, 0.717) is 6.61 Å². The molecular formula is C14H15NO3. The van der Waals surface area contributed by atoms with E-state index in [1.807, 2.05) is 30.3 Å². The van der Waals surface area contributed by atoms with Crippen molar-refractivity contribution in [2.75, 3.05) is 13.2 Å². The molecule has 0 saturated carbocycles. The van der Waals surface area contributed by atoms with Gasteiger partial charge >= 0.3 is 5.97 Å². The monoisotopic (exact) mass is 245 g/mol. The average molecular weight is 245 g/mol. The quantitative estimate of drug-likeness (QED) is 0.335. The number of ether oxygens (including phenoxy) is 2. The van der Waals surface area contributed by atoms with Crippen LogP contribution < -0.4 is 0 Å². The summed E-state index contributed by atoms with van der Waals surface area (Å²) in [5.74, 6) is -0.601. The van der Waals surface area contributed by atoms with Gasteiger partial charge in [0, 0.05) is 0 Å². The van der Waals surface area contributed by atoms with Gasteiger partial charge in [-0.2, -0.15) is 0 Å². The van der Waals surface area contributed by atoms with E-state index in [9.17, 15) is 4.79 Å². The molecule has 0 aliphatic rings. The van der Waals surface area contributed by atoms with Crippen molar-refractivity contribution in [1.82, 2.24) is 0 Å². The Morgan fingerprint density at radius 2 is 2.11 bits per heavy atom. The molecule has 18 heavy (non-hydrogen) atoms. The number of benzene rings is 1. The normalized spacial score (nSPS) is 10.8. The number of nitrogens with zero attached hydrogens (tertiary/aromatic N) is 1. The van der Waals surface area contributed by atoms with Crippen molar-refractivity contribution in [3.05, 3.63) is 59.1 Å². The summed E-state index contributed by atoms with van der Waals surface area (Å²) in [7, 11) is 0. The van der Waals surface area contributed by atoms with E-state index < -0.39 is 5.97 Å². The van der Waals surface area contributed by atoms with Crippen molar-refractivity contribution < 1.29 is 14.3 Å². The van der Waals surface area contributed by atoms with Gasteiger partial charge in [-0.1, -0.05) is 30.3 Å². The first-order chi connectivity index (χ1) is 8.77. The molecule has 0 saturated heterocycles. The Morgan fingerprint density at radius 1 is 1.39 bits per heavy atom. The number of rotatable bonds is 6. The number of carbonyl (C=O) groups excluding carboxylic acids is 1. The second kappa shape index (κ2) is 8.04.